The number of nitrogens with one attached hydrogen (secondary N) is 2. The zero-order valence-electron chi connectivity index (χ0n) is 26.1. The van der Waals surface area contributed by atoms with Gasteiger partial charge in [-0.15, -0.1) is 0 Å². The number of aromatic nitrogens is 4. The second-order valence-electron chi connectivity index (χ2n) is 11.5. The van der Waals surface area contributed by atoms with E-state index in [1.807, 2.05) is 52.0 Å². The quantitative estimate of drug-likeness (QED) is 0.382. The topological polar surface area (TPSA) is 130 Å². The van der Waals surface area contributed by atoms with Gasteiger partial charge < -0.3 is 24.3 Å². The molecule has 2 aliphatic rings. The summed E-state index contributed by atoms with van der Waals surface area (Å²) < 4.78 is 10.3. The average Bonchev–Trinajstić information content (AvgIpc) is 3.65. The molecule has 8 bridgehead atoms. The minimum atomic E-state index is -0.969. The highest BCUT2D eigenvalue weighted by molar-refractivity contribution is 6.05. The number of rotatable bonds is 4. The van der Waals surface area contributed by atoms with Crippen LogP contribution in [0.1, 0.15) is 87.7 Å². The number of fused-ring (bicyclic) bond motifs is 8. The third kappa shape index (κ3) is 4.70. The van der Waals surface area contributed by atoms with Crippen molar-refractivity contribution in [3.8, 4) is 0 Å². The van der Waals surface area contributed by atoms with Gasteiger partial charge in [-0.25, -0.2) is 14.6 Å². The fraction of sp³-hybridized carbons (Fsp3) is 0.364. The van der Waals surface area contributed by atoms with Crippen molar-refractivity contribution < 1.29 is 23.9 Å². The van der Waals surface area contributed by atoms with E-state index in [0.29, 0.717) is 62.1 Å². The van der Waals surface area contributed by atoms with Crippen LogP contribution >= 0.6 is 0 Å². The van der Waals surface area contributed by atoms with E-state index in [4.69, 9.17) is 19.4 Å². The highest BCUT2D eigenvalue weighted by Gasteiger charge is 2.49. The lowest BCUT2D eigenvalue weighted by atomic mass is 9.72. The Hall–Kier alpha value is -4.73. The minimum Gasteiger partial charge on any atom is -0.465 e. The molecule has 0 saturated heterocycles. The van der Waals surface area contributed by atoms with E-state index in [1.54, 1.807) is 25.1 Å². The summed E-state index contributed by atoms with van der Waals surface area (Å²) in [5, 5.41) is 0. The fourth-order valence-electron chi connectivity index (χ4n) is 6.32. The van der Waals surface area contributed by atoms with Gasteiger partial charge in [0.15, 0.2) is 0 Å². The smallest absolute Gasteiger partial charge is 0.340 e. The summed E-state index contributed by atoms with van der Waals surface area (Å²) in [7, 11) is 6.14. The summed E-state index contributed by atoms with van der Waals surface area (Å²) >= 11 is 0. The Bertz CT molecular complexity index is 1880. The molecule has 224 valence electrons. The Morgan fingerprint density at radius 3 is 1.93 bits per heavy atom. The number of carbonyl (C=O) groups excluding carboxylic acids is 3. The molecule has 2 atom stereocenters. The van der Waals surface area contributed by atoms with E-state index in [2.05, 4.69) is 16.9 Å². The maximum atomic E-state index is 13.8. The second-order valence-corrected chi connectivity index (χ2v) is 11.5. The Balaban J connectivity index is 2.02. The van der Waals surface area contributed by atoms with Gasteiger partial charge in [-0.2, -0.15) is 0 Å². The predicted octanol–water partition coefficient (Wildman–Crippen LogP) is 5.61. The van der Waals surface area contributed by atoms with Gasteiger partial charge in [0.2, 0.25) is 5.91 Å². The van der Waals surface area contributed by atoms with Gasteiger partial charge in [-0.1, -0.05) is 6.92 Å². The molecule has 3 aromatic rings. The number of likely N-dealkylation sites (N-methyl/N-ethyl adjacent to an activating group) is 1. The first-order chi connectivity index (χ1) is 20.3. The number of esters is 2. The van der Waals surface area contributed by atoms with Crippen molar-refractivity contribution in [1.29, 1.82) is 0 Å². The van der Waals surface area contributed by atoms with Gasteiger partial charge in [0.05, 0.1) is 58.9 Å². The summed E-state index contributed by atoms with van der Waals surface area (Å²) in [5.41, 5.74) is 6.94. The maximum Gasteiger partial charge on any atom is 0.340 e. The number of hydrogen-bond donors (Lipinski definition) is 2. The third-order valence-corrected chi connectivity index (χ3v) is 8.67. The zero-order chi connectivity index (χ0) is 31.4. The lowest BCUT2D eigenvalue weighted by molar-refractivity contribution is -0.135. The van der Waals surface area contributed by atoms with Crippen LogP contribution in [0.5, 0.6) is 0 Å². The Morgan fingerprint density at radius 2 is 1.42 bits per heavy atom. The standard InChI is InChI=1S/C33H37N5O5/c1-10-20-24-13-21-16(2)11-19(34-21)12-22-17(3)28(30(39)42-8)25(35-22)14-26-29(31(40)43-9)18(4)23(36-26)15-27(37-24)33(20,5)32(41)38(6)7/h11-15,20,35-36H,10H2,1-9H3/t20-,33-/m1/s1. The molecule has 0 aromatic carbocycles. The SMILES string of the molecule is CC[C@@H]1c2cc3nc(cc4[nH]c(cc5[nH]c(cc(n2)[C@]1(C)C(=O)N(C)C)c(C)c5C(=O)OC)c(C(=O)OC)c4C)C=C3C. The molecule has 2 aliphatic heterocycles. The monoisotopic (exact) mass is 583 g/mol. The summed E-state index contributed by atoms with van der Waals surface area (Å²) in [5.74, 6) is -1.33. The van der Waals surface area contributed by atoms with Crippen molar-refractivity contribution in [1.82, 2.24) is 24.8 Å². The summed E-state index contributed by atoms with van der Waals surface area (Å²) in [6.07, 6.45) is 2.65. The van der Waals surface area contributed by atoms with E-state index in [9.17, 15) is 14.4 Å². The van der Waals surface area contributed by atoms with Gasteiger partial charge in [0.1, 0.15) is 0 Å². The number of allylic oxidation sites excluding steroid dienone is 1. The van der Waals surface area contributed by atoms with E-state index in [-0.39, 0.29) is 11.8 Å². The molecule has 5 heterocycles. The minimum absolute atomic E-state index is 0.0714. The van der Waals surface area contributed by atoms with Crippen LogP contribution in [0.25, 0.3) is 33.7 Å². The molecule has 2 N–H and O–H groups in total. The highest BCUT2D eigenvalue weighted by atomic mass is 16.5. The number of aromatic amines is 2. The molecule has 10 heteroatoms. The van der Waals surface area contributed by atoms with Crippen molar-refractivity contribution in [2.75, 3.05) is 28.3 Å². The number of methoxy groups -OCH3 is 2. The van der Waals surface area contributed by atoms with Crippen LogP contribution in [-0.4, -0.2) is 71.0 Å². The number of ether oxygens (including phenoxy) is 2. The predicted molar refractivity (Wildman–Crippen MR) is 166 cm³/mol. The Kier molecular flexibility index (Phi) is 7.50. The summed E-state index contributed by atoms with van der Waals surface area (Å²) in [6, 6.07) is 7.38. The number of aryl methyl sites for hydroxylation is 2. The molecule has 0 saturated carbocycles. The largest absolute Gasteiger partial charge is 0.465 e. The number of hydrogen-bond acceptors (Lipinski definition) is 7. The first-order valence-corrected chi connectivity index (χ1v) is 14.2. The van der Waals surface area contributed by atoms with Crippen LogP contribution in [0.3, 0.4) is 0 Å². The molecule has 3 aromatic heterocycles. The molecule has 0 fully saturated rings. The van der Waals surface area contributed by atoms with Crippen LogP contribution in [0.4, 0.5) is 0 Å². The van der Waals surface area contributed by atoms with Crippen LogP contribution in [0.15, 0.2) is 24.3 Å². The number of carbonyl (C=O) groups is 3. The molecule has 43 heavy (non-hydrogen) atoms. The number of nitrogens with zero attached hydrogens (tertiary/aromatic N) is 3. The molecule has 5 rings (SSSR count). The average molecular weight is 584 g/mol. The van der Waals surface area contributed by atoms with Crippen LogP contribution in [-0.2, 0) is 19.7 Å². The first-order valence-electron chi connectivity index (χ1n) is 14.2. The normalized spacial score (nSPS) is 17.8. The van der Waals surface area contributed by atoms with Gasteiger partial charge in [0.25, 0.3) is 0 Å². The summed E-state index contributed by atoms with van der Waals surface area (Å²) in [6.45, 7) is 9.62. The number of H-pyrrole nitrogens is 2. The molecule has 0 radical (unpaired) electrons. The van der Waals surface area contributed by atoms with Gasteiger partial charge in [0, 0.05) is 36.7 Å². The summed E-state index contributed by atoms with van der Waals surface area (Å²) in [4.78, 5) is 58.1. The van der Waals surface area contributed by atoms with Crippen molar-refractivity contribution >= 4 is 51.6 Å². The molecule has 0 aliphatic carbocycles. The Labute approximate surface area is 250 Å². The van der Waals surface area contributed by atoms with E-state index in [0.717, 1.165) is 17.0 Å². The van der Waals surface area contributed by atoms with Gasteiger partial charge in [-0.3, -0.25) is 9.78 Å². The lowest BCUT2D eigenvalue weighted by Gasteiger charge is -2.32. The molecule has 0 unspecified atom stereocenters. The van der Waals surface area contributed by atoms with Crippen molar-refractivity contribution in [3.05, 3.63) is 69.3 Å². The highest BCUT2D eigenvalue weighted by Crippen LogP contribution is 2.46. The fourth-order valence-corrected chi connectivity index (χ4v) is 6.32. The Morgan fingerprint density at radius 1 is 0.860 bits per heavy atom. The van der Waals surface area contributed by atoms with Gasteiger partial charge >= 0.3 is 11.9 Å². The maximum absolute atomic E-state index is 13.8. The van der Waals surface area contributed by atoms with Crippen LogP contribution in [0, 0.1) is 13.8 Å². The molecule has 1 amide bonds. The van der Waals surface area contributed by atoms with Crippen LogP contribution < -0.4 is 0 Å². The molecular formula is C33H37N5O5. The molecular weight excluding hydrogens is 546 g/mol. The molecule has 0 spiro atoms. The van der Waals surface area contributed by atoms with E-state index in [1.165, 1.54) is 14.2 Å². The first kappa shape index (κ1) is 29.8. The van der Waals surface area contributed by atoms with Crippen LogP contribution in [0.2, 0.25) is 0 Å². The lowest BCUT2D eigenvalue weighted by Crippen LogP contribution is -2.43. The van der Waals surface area contributed by atoms with E-state index < -0.39 is 17.4 Å². The van der Waals surface area contributed by atoms with E-state index >= 15 is 0 Å². The van der Waals surface area contributed by atoms with Crippen molar-refractivity contribution in [2.45, 2.75) is 52.4 Å². The van der Waals surface area contributed by atoms with Gasteiger partial charge in [-0.05, 0) is 81.2 Å². The number of amides is 1. The molecule has 10 nitrogen and oxygen atoms in total. The second kappa shape index (κ2) is 10.8. The third-order valence-electron chi connectivity index (χ3n) is 8.67. The zero-order valence-corrected chi connectivity index (χ0v) is 26.1. The van der Waals surface area contributed by atoms with Crippen molar-refractivity contribution in [3.63, 3.8) is 0 Å². The van der Waals surface area contributed by atoms with Crippen molar-refractivity contribution in [2.24, 2.45) is 0 Å².